The third kappa shape index (κ3) is 25.8. The van der Waals surface area contributed by atoms with Gasteiger partial charge < -0.3 is 4.74 Å². The van der Waals surface area contributed by atoms with Crippen LogP contribution in [0.5, 0.6) is 0 Å². The van der Waals surface area contributed by atoms with Crippen LogP contribution in [0.3, 0.4) is 0 Å². The lowest BCUT2D eigenvalue weighted by atomic mass is 9.96. The highest BCUT2D eigenvalue weighted by Crippen LogP contribution is 2.19. The molecule has 0 aromatic heterocycles. The highest BCUT2D eigenvalue weighted by atomic mass is 16.5. The van der Waals surface area contributed by atoms with E-state index >= 15 is 0 Å². The lowest BCUT2D eigenvalue weighted by Gasteiger charge is -2.20. The molecule has 0 fully saturated rings. The molecule has 0 N–H and O–H groups in total. The molecule has 240 valence electrons. The Balaban J connectivity index is 4.13. The Morgan fingerprint density at radius 1 is 0.667 bits per heavy atom. The predicted octanol–water partition coefficient (Wildman–Crippen LogP) is 13.3. The summed E-state index contributed by atoms with van der Waals surface area (Å²) in [6, 6.07) is 0. The van der Waals surface area contributed by atoms with Gasteiger partial charge in [0, 0.05) is 7.11 Å². The number of methoxy groups -OCH3 is 1. The van der Waals surface area contributed by atoms with Crippen LogP contribution < -0.4 is 0 Å². The number of hydrogen-bond donors (Lipinski definition) is 0. The van der Waals surface area contributed by atoms with E-state index in [0.29, 0.717) is 23.7 Å². The second kappa shape index (κ2) is 24.6. The molecule has 0 aromatic carbocycles. The molecular formula is C41H70O. The first-order valence-corrected chi connectivity index (χ1v) is 17.0. The maximum atomic E-state index is 5.50. The molecule has 0 amide bonds. The summed E-state index contributed by atoms with van der Waals surface area (Å²) in [5, 5.41) is 0. The fourth-order valence-corrected chi connectivity index (χ4v) is 4.71. The van der Waals surface area contributed by atoms with Gasteiger partial charge >= 0.3 is 0 Å². The molecule has 0 radical (unpaired) electrons. The Hall–Kier alpha value is -1.86. The van der Waals surface area contributed by atoms with Crippen molar-refractivity contribution >= 4 is 0 Å². The third-order valence-electron chi connectivity index (χ3n) is 8.10. The van der Waals surface area contributed by atoms with E-state index in [4.69, 9.17) is 4.74 Å². The largest absolute Gasteiger partial charge is 0.378 e. The second-order valence-corrected chi connectivity index (χ2v) is 14.0. The average molecular weight is 579 g/mol. The molecule has 0 saturated carbocycles. The van der Waals surface area contributed by atoms with Crippen LogP contribution in [-0.4, -0.2) is 12.7 Å². The summed E-state index contributed by atoms with van der Waals surface area (Å²) >= 11 is 0. The SMILES string of the molecule is COC(C)(C)C/C=C/C(C)CCCC(C)/C=C/CC(C)C/C=C\CC(C)/C=C/C=C(\C)CC/C=C(\C)CCC=C(C)C. The monoisotopic (exact) mass is 579 g/mol. The normalized spacial score (nSPS) is 16.6. The lowest BCUT2D eigenvalue weighted by Crippen LogP contribution is -2.20. The first-order valence-electron chi connectivity index (χ1n) is 17.0. The van der Waals surface area contributed by atoms with Crippen LogP contribution >= 0.6 is 0 Å². The smallest absolute Gasteiger partial charge is 0.0657 e. The zero-order valence-corrected chi connectivity index (χ0v) is 29.8. The summed E-state index contributed by atoms with van der Waals surface area (Å²) in [6.07, 6.45) is 38.8. The number of ether oxygens (including phenoxy) is 1. The molecule has 0 saturated heterocycles. The fraction of sp³-hybridized carbons (Fsp3) is 0.659. The van der Waals surface area contributed by atoms with Gasteiger partial charge in [0.05, 0.1) is 5.60 Å². The van der Waals surface area contributed by atoms with Crippen LogP contribution in [0.4, 0.5) is 0 Å². The molecule has 4 atom stereocenters. The molecule has 1 nitrogen and oxygen atoms in total. The van der Waals surface area contributed by atoms with Crippen molar-refractivity contribution in [2.75, 3.05) is 7.11 Å². The van der Waals surface area contributed by atoms with Crippen LogP contribution in [-0.2, 0) is 4.74 Å². The maximum absolute atomic E-state index is 5.50. The Kier molecular flexibility index (Phi) is 23.5. The molecule has 0 aromatic rings. The van der Waals surface area contributed by atoms with E-state index in [-0.39, 0.29) is 5.60 Å². The molecule has 1 heteroatoms. The molecule has 0 spiro atoms. The number of allylic oxidation sites excluding steroid dienone is 13. The van der Waals surface area contributed by atoms with Crippen molar-refractivity contribution in [3.05, 3.63) is 83.6 Å². The molecule has 0 aliphatic carbocycles. The Bertz CT molecular complexity index is 884. The van der Waals surface area contributed by atoms with Gasteiger partial charge in [-0.3, -0.25) is 0 Å². The van der Waals surface area contributed by atoms with Crippen molar-refractivity contribution in [2.45, 2.75) is 145 Å². The summed E-state index contributed by atoms with van der Waals surface area (Å²) in [6.45, 7) is 22.5. The minimum absolute atomic E-state index is 0.0579. The van der Waals surface area contributed by atoms with Gasteiger partial charge in [-0.15, -0.1) is 0 Å². The van der Waals surface area contributed by atoms with Gasteiger partial charge in [0.2, 0.25) is 0 Å². The van der Waals surface area contributed by atoms with Gasteiger partial charge in [0.25, 0.3) is 0 Å². The van der Waals surface area contributed by atoms with Crippen molar-refractivity contribution in [1.82, 2.24) is 0 Å². The molecule has 0 rings (SSSR count). The van der Waals surface area contributed by atoms with E-state index in [1.165, 1.54) is 55.2 Å². The van der Waals surface area contributed by atoms with Gasteiger partial charge in [-0.05, 0) is 129 Å². The summed E-state index contributed by atoms with van der Waals surface area (Å²) in [4.78, 5) is 0. The van der Waals surface area contributed by atoms with Crippen LogP contribution in [0.2, 0.25) is 0 Å². The predicted molar refractivity (Wildman–Crippen MR) is 192 cm³/mol. The van der Waals surface area contributed by atoms with E-state index < -0.39 is 0 Å². The fourth-order valence-electron chi connectivity index (χ4n) is 4.71. The van der Waals surface area contributed by atoms with Crippen molar-refractivity contribution in [1.29, 1.82) is 0 Å². The summed E-state index contributed by atoms with van der Waals surface area (Å²) in [7, 11) is 1.79. The number of rotatable bonds is 23. The van der Waals surface area contributed by atoms with E-state index in [9.17, 15) is 0 Å². The third-order valence-corrected chi connectivity index (χ3v) is 8.10. The Morgan fingerprint density at radius 2 is 1.24 bits per heavy atom. The zero-order valence-electron chi connectivity index (χ0n) is 29.8. The van der Waals surface area contributed by atoms with Crippen molar-refractivity contribution < 1.29 is 4.74 Å². The van der Waals surface area contributed by atoms with Gasteiger partial charge in [0.1, 0.15) is 0 Å². The molecular weight excluding hydrogens is 508 g/mol. The van der Waals surface area contributed by atoms with Gasteiger partial charge in [0.15, 0.2) is 0 Å². The zero-order chi connectivity index (χ0) is 31.8. The lowest BCUT2D eigenvalue weighted by molar-refractivity contribution is 0.0254. The Labute approximate surface area is 264 Å². The average Bonchev–Trinajstić information content (AvgIpc) is 2.91. The first-order chi connectivity index (χ1) is 19.8. The van der Waals surface area contributed by atoms with Crippen LogP contribution in [0.25, 0.3) is 0 Å². The Morgan fingerprint density at radius 3 is 1.88 bits per heavy atom. The second-order valence-electron chi connectivity index (χ2n) is 14.0. The highest BCUT2D eigenvalue weighted by Gasteiger charge is 2.13. The molecule has 0 aliphatic heterocycles. The van der Waals surface area contributed by atoms with Crippen molar-refractivity contribution in [3.63, 3.8) is 0 Å². The molecule has 4 unspecified atom stereocenters. The summed E-state index contributed by atoms with van der Waals surface area (Å²) in [5.74, 6) is 2.59. The summed E-state index contributed by atoms with van der Waals surface area (Å²) < 4.78 is 5.50. The quantitative estimate of drug-likeness (QED) is 0.0865. The van der Waals surface area contributed by atoms with E-state index in [0.717, 1.165) is 32.1 Å². The first kappa shape index (κ1) is 40.1. The van der Waals surface area contributed by atoms with Crippen molar-refractivity contribution in [3.8, 4) is 0 Å². The summed E-state index contributed by atoms with van der Waals surface area (Å²) in [5.41, 5.74) is 4.33. The molecule has 0 heterocycles. The molecule has 0 bridgehead atoms. The van der Waals surface area contributed by atoms with Gasteiger partial charge in [-0.25, -0.2) is 0 Å². The van der Waals surface area contributed by atoms with Gasteiger partial charge in [-0.1, -0.05) is 118 Å². The van der Waals surface area contributed by atoms with E-state index in [1.807, 2.05) is 0 Å². The van der Waals surface area contributed by atoms with Crippen LogP contribution in [0.1, 0.15) is 140 Å². The molecule has 42 heavy (non-hydrogen) atoms. The van der Waals surface area contributed by atoms with E-state index in [2.05, 4.69) is 136 Å². The van der Waals surface area contributed by atoms with Crippen LogP contribution in [0, 0.1) is 23.7 Å². The topological polar surface area (TPSA) is 9.23 Å². The maximum Gasteiger partial charge on any atom is 0.0657 e. The van der Waals surface area contributed by atoms with Gasteiger partial charge in [-0.2, -0.15) is 0 Å². The van der Waals surface area contributed by atoms with Crippen LogP contribution in [0.15, 0.2) is 83.6 Å². The number of hydrogen-bond acceptors (Lipinski definition) is 1. The molecule has 0 aliphatic rings. The standard InChI is InChI=1S/C41H70O/c1-34(2)20-14-23-37(5)26-17-29-38(6)27-15-24-35(3)21-12-13-22-36(4)25-16-28-39(7)30-18-31-40(8)32-19-33-41(9,10)42-11/h12-13,15-16,19-20,24,26-28,32,35-36,39-40H,14,17-18,21-23,25,29-31,33H2,1-11H3/b13-12-,24-15+,28-16+,32-19+,37-26+,38-27+. The highest BCUT2D eigenvalue weighted by molar-refractivity contribution is 5.13. The van der Waals surface area contributed by atoms with Crippen molar-refractivity contribution in [2.24, 2.45) is 23.7 Å². The minimum Gasteiger partial charge on any atom is -0.378 e. The minimum atomic E-state index is -0.0579. The van der Waals surface area contributed by atoms with E-state index in [1.54, 1.807) is 7.11 Å².